The lowest BCUT2D eigenvalue weighted by Crippen LogP contribution is -2.24. The predicted octanol–water partition coefficient (Wildman–Crippen LogP) is -0.654. The summed E-state index contributed by atoms with van der Waals surface area (Å²) < 4.78 is 0.973. The molecular formula is C9H9N3O3. The van der Waals surface area contributed by atoms with Crippen LogP contribution < -0.4 is 11.4 Å². The predicted molar refractivity (Wildman–Crippen MR) is 52.9 cm³/mol. The SMILES string of the molecule is O=c1[nH][nH]c(=O)n1-c1ccc(CO)cc1. The molecule has 15 heavy (non-hydrogen) atoms. The van der Waals surface area contributed by atoms with Crippen LogP contribution in [0.4, 0.5) is 0 Å². The second-order valence-electron chi connectivity index (χ2n) is 3.02. The van der Waals surface area contributed by atoms with Crippen molar-refractivity contribution in [3.8, 4) is 5.69 Å². The van der Waals surface area contributed by atoms with Crippen LogP contribution >= 0.6 is 0 Å². The van der Waals surface area contributed by atoms with Gasteiger partial charge in [0, 0.05) is 0 Å². The minimum Gasteiger partial charge on any atom is -0.392 e. The third kappa shape index (κ3) is 1.62. The molecule has 0 saturated heterocycles. The Balaban J connectivity index is 2.55. The summed E-state index contributed by atoms with van der Waals surface area (Å²) in [6.07, 6.45) is 0. The van der Waals surface area contributed by atoms with Gasteiger partial charge in [-0.1, -0.05) is 12.1 Å². The van der Waals surface area contributed by atoms with Crippen LogP contribution in [0.25, 0.3) is 5.69 Å². The molecule has 0 aliphatic rings. The molecule has 1 aromatic carbocycles. The summed E-state index contributed by atoms with van der Waals surface area (Å²) >= 11 is 0. The lowest BCUT2D eigenvalue weighted by atomic mass is 10.2. The van der Waals surface area contributed by atoms with Crippen LogP contribution in [0.1, 0.15) is 5.56 Å². The Labute approximate surface area is 83.8 Å². The third-order valence-electron chi connectivity index (χ3n) is 2.06. The van der Waals surface area contributed by atoms with Gasteiger partial charge in [-0.3, -0.25) is 0 Å². The number of aliphatic hydroxyl groups excluding tert-OH is 1. The molecule has 6 heteroatoms. The molecule has 0 fully saturated rings. The van der Waals surface area contributed by atoms with Gasteiger partial charge in [-0.15, -0.1) is 0 Å². The van der Waals surface area contributed by atoms with Crippen LogP contribution in [0.3, 0.4) is 0 Å². The first-order chi connectivity index (χ1) is 7.22. The summed E-state index contributed by atoms with van der Waals surface area (Å²) in [7, 11) is 0. The molecule has 0 atom stereocenters. The normalized spacial score (nSPS) is 10.5. The Kier molecular flexibility index (Phi) is 2.26. The highest BCUT2D eigenvalue weighted by Crippen LogP contribution is 2.05. The average Bonchev–Trinajstić information content (AvgIpc) is 2.59. The monoisotopic (exact) mass is 207 g/mol. The van der Waals surface area contributed by atoms with Gasteiger partial charge in [-0.25, -0.2) is 24.4 Å². The molecule has 6 nitrogen and oxygen atoms in total. The van der Waals surface area contributed by atoms with E-state index in [1.165, 1.54) is 0 Å². The number of aliphatic hydroxyl groups is 1. The van der Waals surface area contributed by atoms with Crippen molar-refractivity contribution < 1.29 is 5.11 Å². The maximum atomic E-state index is 11.2. The van der Waals surface area contributed by atoms with Gasteiger partial charge < -0.3 is 5.11 Å². The van der Waals surface area contributed by atoms with E-state index in [0.717, 1.165) is 10.1 Å². The highest BCUT2D eigenvalue weighted by atomic mass is 16.3. The molecule has 0 bridgehead atoms. The molecule has 0 spiro atoms. The third-order valence-corrected chi connectivity index (χ3v) is 2.06. The van der Waals surface area contributed by atoms with Crippen molar-refractivity contribution in [3.05, 3.63) is 50.8 Å². The molecule has 3 N–H and O–H groups in total. The zero-order valence-corrected chi connectivity index (χ0v) is 7.73. The van der Waals surface area contributed by atoms with Crippen LogP contribution in [-0.4, -0.2) is 19.9 Å². The van der Waals surface area contributed by atoms with Crippen molar-refractivity contribution in [1.82, 2.24) is 14.8 Å². The number of aromatic nitrogens is 3. The van der Waals surface area contributed by atoms with Gasteiger partial charge in [0.25, 0.3) is 0 Å². The maximum Gasteiger partial charge on any atom is 0.348 e. The van der Waals surface area contributed by atoms with Crippen LogP contribution in [0.15, 0.2) is 33.9 Å². The first-order valence-corrected chi connectivity index (χ1v) is 4.32. The van der Waals surface area contributed by atoms with Crippen molar-refractivity contribution in [2.24, 2.45) is 0 Å². The van der Waals surface area contributed by atoms with Crippen molar-refractivity contribution in [2.75, 3.05) is 0 Å². The number of benzene rings is 1. The van der Waals surface area contributed by atoms with E-state index in [4.69, 9.17) is 5.11 Å². The fourth-order valence-corrected chi connectivity index (χ4v) is 1.30. The summed E-state index contributed by atoms with van der Waals surface area (Å²) in [5, 5.41) is 13.2. The second-order valence-corrected chi connectivity index (χ2v) is 3.02. The van der Waals surface area contributed by atoms with Crippen molar-refractivity contribution >= 4 is 0 Å². The first kappa shape index (κ1) is 9.47. The summed E-state index contributed by atoms with van der Waals surface area (Å²) in [5.74, 6) is 0. The number of H-pyrrole nitrogens is 2. The van der Waals surface area contributed by atoms with Crippen LogP contribution in [0, 0.1) is 0 Å². The topological polar surface area (TPSA) is 90.9 Å². The molecule has 78 valence electrons. The van der Waals surface area contributed by atoms with Gasteiger partial charge in [-0.2, -0.15) is 0 Å². The number of rotatable bonds is 2. The number of hydrogen-bond acceptors (Lipinski definition) is 3. The molecule has 0 saturated carbocycles. The molecule has 1 aromatic heterocycles. The van der Waals surface area contributed by atoms with Gasteiger partial charge in [-0.05, 0) is 17.7 Å². The zero-order valence-electron chi connectivity index (χ0n) is 7.73. The molecule has 0 aliphatic carbocycles. The molecule has 2 aromatic rings. The van der Waals surface area contributed by atoms with Crippen molar-refractivity contribution in [1.29, 1.82) is 0 Å². The number of nitrogens with zero attached hydrogens (tertiary/aromatic N) is 1. The van der Waals surface area contributed by atoms with E-state index in [9.17, 15) is 9.59 Å². The lowest BCUT2D eigenvalue weighted by molar-refractivity contribution is 0.282. The fraction of sp³-hybridized carbons (Fsp3) is 0.111. The molecule has 0 unspecified atom stereocenters. The van der Waals surface area contributed by atoms with Gasteiger partial charge in [0.1, 0.15) is 0 Å². The second kappa shape index (κ2) is 3.58. The minimum atomic E-state index is -0.517. The molecule has 0 amide bonds. The Bertz CT molecular complexity index is 534. The molecule has 2 rings (SSSR count). The van der Waals surface area contributed by atoms with Gasteiger partial charge in [0.2, 0.25) is 0 Å². The molecule has 0 aliphatic heterocycles. The summed E-state index contributed by atoms with van der Waals surface area (Å²) in [6, 6.07) is 6.48. The van der Waals surface area contributed by atoms with Crippen LogP contribution in [-0.2, 0) is 6.61 Å². The lowest BCUT2D eigenvalue weighted by Gasteiger charge is -2.00. The highest BCUT2D eigenvalue weighted by molar-refractivity contribution is 5.33. The Hall–Kier alpha value is -2.08. The molecule has 1 heterocycles. The highest BCUT2D eigenvalue weighted by Gasteiger charge is 2.04. The van der Waals surface area contributed by atoms with Crippen LogP contribution in [0.5, 0.6) is 0 Å². The standard InChI is InChI=1S/C9H9N3O3/c13-5-6-1-3-7(4-2-6)12-8(14)10-11-9(12)15/h1-4,13H,5H2,(H,10,14)(H,11,15). The largest absolute Gasteiger partial charge is 0.392 e. The van der Waals surface area contributed by atoms with E-state index in [-0.39, 0.29) is 6.61 Å². The fourth-order valence-electron chi connectivity index (χ4n) is 1.30. The Morgan fingerprint density at radius 3 is 2.07 bits per heavy atom. The van der Waals surface area contributed by atoms with Gasteiger partial charge in [0.15, 0.2) is 0 Å². The minimum absolute atomic E-state index is 0.0708. The van der Waals surface area contributed by atoms with E-state index in [2.05, 4.69) is 10.2 Å². The van der Waals surface area contributed by atoms with E-state index >= 15 is 0 Å². The zero-order chi connectivity index (χ0) is 10.8. The number of aromatic amines is 2. The Morgan fingerprint density at radius 2 is 1.60 bits per heavy atom. The number of hydrogen-bond donors (Lipinski definition) is 3. The summed E-state index contributed by atoms with van der Waals surface area (Å²) in [4.78, 5) is 22.4. The van der Waals surface area contributed by atoms with E-state index in [1.807, 2.05) is 0 Å². The van der Waals surface area contributed by atoms with Crippen molar-refractivity contribution in [2.45, 2.75) is 6.61 Å². The average molecular weight is 207 g/mol. The number of nitrogens with one attached hydrogen (secondary N) is 2. The first-order valence-electron chi connectivity index (χ1n) is 4.32. The molecular weight excluding hydrogens is 198 g/mol. The van der Waals surface area contributed by atoms with Gasteiger partial charge in [0.05, 0.1) is 12.3 Å². The summed E-state index contributed by atoms with van der Waals surface area (Å²) in [5.41, 5.74) is 0.145. The maximum absolute atomic E-state index is 11.2. The van der Waals surface area contributed by atoms with E-state index < -0.39 is 11.4 Å². The molecule has 0 radical (unpaired) electrons. The smallest absolute Gasteiger partial charge is 0.348 e. The van der Waals surface area contributed by atoms with E-state index in [1.54, 1.807) is 24.3 Å². The van der Waals surface area contributed by atoms with Crippen molar-refractivity contribution in [3.63, 3.8) is 0 Å². The Morgan fingerprint density at radius 1 is 1.07 bits per heavy atom. The quantitative estimate of drug-likeness (QED) is 0.611. The van der Waals surface area contributed by atoms with Gasteiger partial charge >= 0.3 is 11.4 Å². The van der Waals surface area contributed by atoms with Crippen LogP contribution in [0.2, 0.25) is 0 Å². The summed E-state index contributed by atoms with van der Waals surface area (Å²) in [6.45, 7) is -0.0708. The van der Waals surface area contributed by atoms with E-state index in [0.29, 0.717) is 5.69 Å².